The van der Waals surface area contributed by atoms with Gasteiger partial charge in [-0.2, -0.15) is 5.10 Å². The van der Waals surface area contributed by atoms with Crippen molar-refractivity contribution in [2.75, 3.05) is 0 Å². The van der Waals surface area contributed by atoms with Crippen molar-refractivity contribution in [2.24, 2.45) is 13.0 Å². The van der Waals surface area contributed by atoms with E-state index < -0.39 is 0 Å². The van der Waals surface area contributed by atoms with E-state index in [0.29, 0.717) is 12.1 Å². The molecule has 1 aliphatic rings. The first-order chi connectivity index (χ1) is 10.5. The highest BCUT2D eigenvalue weighted by Crippen LogP contribution is 2.27. The molecule has 0 aromatic carbocycles. The Labute approximate surface area is 133 Å². The van der Waals surface area contributed by atoms with Gasteiger partial charge in [0.2, 0.25) is 5.91 Å². The average Bonchev–Trinajstić information content (AvgIpc) is 2.91. The summed E-state index contributed by atoms with van der Waals surface area (Å²) in [5, 5.41) is 11.1. The summed E-state index contributed by atoms with van der Waals surface area (Å²) in [7, 11) is 1.95. The Morgan fingerprint density at radius 3 is 2.82 bits per heavy atom. The van der Waals surface area contributed by atoms with E-state index in [1.165, 1.54) is 5.56 Å². The van der Waals surface area contributed by atoms with Crippen LogP contribution in [-0.2, 0) is 11.8 Å². The molecule has 0 aliphatic heterocycles. The van der Waals surface area contributed by atoms with Crippen molar-refractivity contribution >= 4 is 5.91 Å². The van der Waals surface area contributed by atoms with E-state index in [9.17, 15) is 4.79 Å². The number of aryl methyl sites for hydroxylation is 1. The number of amides is 1. The zero-order valence-corrected chi connectivity index (χ0v) is 14.3. The zero-order valence-electron chi connectivity index (χ0n) is 14.3. The Kier molecular flexibility index (Phi) is 6.00. The van der Waals surface area contributed by atoms with Gasteiger partial charge in [-0.15, -0.1) is 0 Å². The fourth-order valence-corrected chi connectivity index (χ4v) is 3.34. The standard InChI is InChI=1S/C17H30N4O/c1-5-16(14-10-18-21(4)11-14)20-15-8-6-7-13(9-15)17(22)19-12(2)3/h10-13,15-16,20H,5-9H2,1-4H3,(H,19,22)/t13-,15-,16+/m1/s1. The molecule has 0 bridgehead atoms. The molecule has 2 N–H and O–H groups in total. The molecular formula is C17H30N4O. The van der Waals surface area contributed by atoms with Crippen molar-refractivity contribution in [2.45, 2.75) is 71.0 Å². The highest BCUT2D eigenvalue weighted by molar-refractivity contribution is 5.79. The zero-order chi connectivity index (χ0) is 16.1. The van der Waals surface area contributed by atoms with E-state index in [2.05, 4.69) is 28.9 Å². The lowest BCUT2D eigenvalue weighted by Gasteiger charge is -2.32. The molecule has 5 nitrogen and oxygen atoms in total. The predicted molar refractivity (Wildman–Crippen MR) is 88.4 cm³/mol. The minimum absolute atomic E-state index is 0.153. The maximum absolute atomic E-state index is 12.2. The summed E-state index contributed by atoms with van der Waals surface area (Å²) >= 11 is 0. The van der Waals surface area contributed by atoms with Gasteiger partial charge >= 0.3 is 0 Å². The van der Waals surface area contributed by atoms with E-state index >= 15 is 0 Å². The van der Waals surface area contributed by atoms with Gasteiger partial charge in [0.15, 0.2) is 0 Å². The SMILES string of the molecule is CC[C@H](N[C@@H]1CCC[C@@H](C(=O)NC(C)C)C1)c1cnn(C)c1. The third kappa shape index (κ3) is 4.57. The Hall–Kier alpha value is -1.36. The number of nitrogens with zero attached hydrogens (tertiary/aromatic N) is 2. The predicted octanol–water partition coefficient (Wildman–Crippen LogP) is 2.54. The first kappa shape index (κ1) is 17.0. The molecule has 1 aromatic rings. The van der Waals surface area contributed by atoms with E-state index in [1.807, 2.05) is 31.8 Å². The molecule has 1 aliphatic carbocycles. The van der Waals surface area contributed by atoms with Crippen molar-refractivity contribution in [3.8, 4) is 0 Å². The van der Waals surface area contributed by atoms with Crippen LogP contribution in [0.4, 0.5) is 0 Å². The Balaban J connectivity index is 1.92. The van der Waals surface area contributed by atoms with Crippen LogP contribution in [0.25, 0.3) is 0 Å². The molecule has 1 amide bonds. The number of carbonyl (C=O) groups excluding carboxylic acids is 1. The summed E-state index contributed by atoms with van der Waals surface area (Å²) in [6.45, 7) is 6.23. The van der Waals surface area contributed by atoms with Gasteiger partial charge < -0.3 is 10.6 Å². The van der Waals surface area contributed by atoms with Crippen molar-refractivity contribution in [3.63, 3.8) is 0 Å². The van der Waals surface area contributed by atoms with Crippen LogP contribution in [0.1, 0.15) is 64.5 Å². The Bertz CT molecular complexity index is 483. The first-order valence-corrected chi connectivity index (χ1v) is 8.54. The second-order valence-electron chi connectivity index (χ2n) is 6.80. The fraction of sp³-hybridized carbons (Fsp3) is 0.765. The minimum atomic E-state index is 0.153. The lowest BCUT2D eigenvalue weighted by molar-refractivity contribution is -0.126. The van der Waals surface area contributed by atoms with Gasteiger partial charge in [0.1, 0.15) is 0 Å². The molecule has 0 unspecified atom stereocenters. The van der Waals surface area contributed by atoms with Gasteiger partial charge in [-0.1, -0.05) is 13.3 Å². The lowest BCUT2D eigenvalue weighted by Crippen LogP contribution is -2.43. The summed E-state index contributed by atoms with van der Waals surface area (Å²) in [6, 6.07) is 0.965. The molecule has 0 spiro atoms. The molecule has 0 radical (unpaired) electrons. The smallest absolute Gasteiger partial charge is 0.223 e. The van der Waals surface area contributed by atoms with Crippen LogP contribution in [-0.4, -0.2) is 27.8 Å². The van der Waals surface area contributed by atoms with Crippen LogP contribution in [0.15, 0.2) is 12.4 Å². The summed E-state index contributed by atoms with van der Waals surface area (Å²) in [4.78, 5) is 12.2. The molecule has 1 heterocycles. The first-order valence-electron chi connectivity index (χ1n) is 8.54. The normalized spacial score (nSPS) is 23.5. The van der Waals surface area contributed by atoms with Crippen LogP contribution in [0.5, 0.6) is 0 Å². The number of aromatic nitrogens is 2. The van der Waals surface area contributed by atoms with Crippen molar-refractivity contribution in [1.82, 2.24) is 20.4 Å². The summed E-state index contributed by atoms with van der Waals surface area (Å²) in [5.74, 6) is 0.371. The minimum Gasteiger partial charge on any atom is -0.354 e. The maximum Gasteiger partial charge on any atom is 0.223 e. The molecule has 2 rings (SSSR count). The van der Waals surface area contributed by atoms with E-state index in [-0.39, 0.29) is 17.9 Å². The quantitative estimate of drug-likeness (QED) is 0.849. The number of hydrogen-bond donors (Lipinski definition) is 2. The molecule has 1 fully saturated rings. The number of nitrogens with one attached hydrogen (secondary N) is 2. The van der Waals surface area contributed by atoms with Crippen molar-refractivity contribution < 1.29 is 4.79 Å². The maximum atomic E-state index is 12.2. The second-order valence-corrected chi connectivity index (χ2v) is 6.80. The summed E-state index contributed by atoms with van der Waals surface area (Å²) < 4.78 is 1.85. The third-order valence-corrected chi connectivity index (χ3v) is 4.45. The molecule has 1 aromatic heterocycles. The molecule has 1 saturated carbocycles. The van der Waals surface area contributed by atoms with Crippen LogP contribution in [0, 0.1) is 5.92 Å². The van der Waals surface area contributed by atoms with Gasteiger partial charge in [0, 0.05) is 42.9 Å². The molecule has 3 atom stereocenters. The number of rotatable bonds is 6. The van der Waals surface area contributed by atoms with Crippen LogP contribution in [0.3, 0.4) is 0 Å². The monoisotopic (exact) mass is 306 g/mol. The highest BCUT2D eigenvalue weighted by atomic mass is 16.1. The number of hydrogen-bond acceptors (Lipinski definition) is 3. The summed E-state index contributed by atoms with van der Waals surface area (Å²) in [5.41, 5.74) is 1.23. The fourth-order valence-electron chi connectivity index (χ4n) is 3.34. The molecular weight excluding hydrogens is 276 g/mol. The molecule has 124 valence electrons. The average molecular weight is 306 g/mol. The van der Waals surface area contributed by atoms with E-state index in [4.69, 9.17) is 0 Å². The van der Waals surface area contributed by atoms with Gasteiger partial charge in [-0.25, -0.2) is 0 Å². The van der Waals surface area contributed by atoms with Crippen molar-refractivity contribution in [1.29, 1.82) is 0 Å². The second kappa shape index (κ2) is 7.77. The molecule has 5 heteroatoms. The van der Waals surface area contributed by atoms with E-state index in [1.54, 1.807) is 0 Å². The highest BCUT2D eigenvalue weighted by Gasteiger charge is 2.28. The van der Waals surface area contributed by atoms with Crippen LogP contribution >= 0.6 is 0 Å². The van der Waals surface area contributed by atoms with Gasteiger partial charge in [-0.05, 0) is 39.5 Å². The number of carbonyl (C=O) groups is 1. The molecule has 0 saturated heterocycles. The topological polar surface area (TPSA) is 59.0 Å². The van der Waals surface area contributed by atoms with Gasteiger partial charge in [-0.3, -0.25) is 9.48 Å². The Morgan fingerprint density at radius 1 is 1.45 bits per heavy atom. The largest absolute Gasteiger partial charge is 0.354 e. The third-order valence-electron chi connectivity index (χ3n) is 4.45. The van der Waals surface area contributed by atoms with E-state index in [0.717, 1.165) is 32.1 Å². The van der Waals surface area contributed by atoms with Crippen LogP contribution < -0.4 is 10.6 Å². The van der Waals surface area contributed by atoms with Gasteiger partial charge in [0.25, 0.3) is 0 Å². The van der Waals surface area contributed by atoms with Crippen LogP contribution in [0.2, 0.25) is 0 Å². The summed E-state index contributed by atoms with van der Waals surface area (Å²) in [6.07, 6.45) is 9.28. The Morgan fingerprint density at radius 2 is 2.23 bits per heavy atom. The van der Waals surface area contributed by atoms with Crippen molar-refractivity contribution in [3.05, 3.63) is 18.0 Å². The lowest BCUT2D eigenvalue weighted by atomic mass is 9.84. The van der Waals surface area contributed by atoms with Gasteiger partial charge in [0.05, 0.1) is 6.20 Å². The molecule has 22 heavy (non-hydrogen) atoms.